The Bertz CT molecular complexity index is 3180. The zero-order valence-electron chi connectivity index (χ0n) is 51.2. The molecule has 1 saturated heterocycles. The minimum atomic E-state index is -3.05. The third-order valence-electron chi connectivity index (χ3n) is 16.0. The standard InChI is InChI=1S/C76H80O8Si4/c1-85(57-17-29-65-33-45-69(46-34-65)73(77)53-41-61-21-9-5-10-22-61)81-86(2,58-18-30-66-35-47-70(48-36-66)74(78)54-42-62-23-11-6-12-24-62)83-88(4,60-20-32-68-39-51-72(52-40-68)76(80)56-44-64-27-15-8-16-28-64)84-87(3,82-85)59-19-31-67-37-49-71(50-38-67)75(79)55-43-63-25-13-7-14-26-63/h5-16,21-28,33-56H,17-20,29-32,57-60H2,1-4H3. The van der Waals surface area contributed by atoms with Crippen molar-refractivity contribution in [1.29, 1.82) is 0 Å². The van der Waals surface area contributed by atoms with Crippen molar-refractivity contribution in [2.24, 2.45) is 0 Å². The van der Waals surface area contributed by atoms with Crippen molar-refractivity contribution in [3.63, 3.8) is 0 Å². The number of carbonyl (C=O) groups is 4. The molecule has 8 nitrogen and oxygen atoms in total. The number of hydrogen-bond acceptors (Lipinski definition) is 8. The Balaban J connectivity index is 0.926. The van der Waals surface area contributed by atoms with E-state index in [0.717, 1.165) is 120 Å². The van der Waals surface area contributed by atoms with Crippen LogP contribution in [0, 0.1) is 0 Å². The number of rotatable bonds is 28. The Labute approximate surface area is 525 Å². The zero-order valence-corrected chi connectivity index (χ0v) is 55.2. The fraction of sp³-hybridized carbons (Fsp3) is 0.211. The molecule has 12 heteroatoms. The number of carbonyl (C=O) groups excluding carboxylic acids is 4. The highest BCUT2D eigenvalue weighted by molar-refractivity contribution is 6.94. The predicted octanol–water partition coefficient (Wildman–Crippen LogP) is 18.5. The summed E-state index contributed by atoms with van der Waals surface area (Å²) < 4.78 is 30.8. The maximum absolute atomic E-state index is 13.2. The van der Waals surface area contributed by atoms with Gasteiger partial charge in [-0.2, -0.15) is 0 Å². The van der Waals surface area contributed by atoms with Crippen molar-refractivity contribution in [3.8, 4) is 0 Å². The summed E-state index contributed by atoms with van der Waals surface area (Å²) in [6, 6.07) is 74.1. The topological polar surface area (TPSA) is 105 Å². The molecule has 88 heavy (non-hydrogen) atoms. The van der Waals surface area contributed by atoms with Gasteiger partial charge in [0, 0.05) is 22.3 Å². The lowest BCUT2D eigenvalue weighted by atomic mass is 10.0. The Hall–Kier alpha value is -7.89. The van der Waals surface area contributed by atoms with Crippen LogP contribution in [-0.4, -0.2) is 57.4 Å². The molecule has 0 unspecified atom stereocenters. The molecule has 448 valence electrons. The van der Waals surface area contributed by atoms with Crippen molar-refractivity contribution in [2.45, 2.75) is 102 Å². The van der Waals surface area contributed by atoms with E-state index in [0.29, 0.717) is 22.3 Å². The molecule has 1 aliphatic heterocycles. The van der Waals surface area contributed by atoms with Gasteiger partial charge in [0.25, 0.3) is 0 Å². The molecule has 0 bridgehead atoms. The molecule has 0 aromatic heterocycles. The third kappa shape index (κ3) is 20.1. The highest BCUT2D eigenvalue weighted by Gasteiger charge is 2.56. The van der Waals surface area contributed by atoms with E-state index in [1.807, 2.05) is 194 Å². The first-order valence-electron chi connectivity index (χ1n) is 30.8. The average Bonchev–Trinajstić information content (AvgIpc) is 1.02. The normalized spacial score (nSPS) is 19.7. The van der Waals surface area contributed by atoms with Gasteiger partial charge in [-0.05, 0) is 171 Å². The first kappa shape index (κ1) is 64.6. The summed E-state index contributed by atoms with van der Waals surface area (Å²) in [4.78, 5) is 52.7. The second-order valence-corrected chi connectivity index (χ2v) is 37.9. The molecule has 1 fully saturated rings. The Morgan fingerprint density at radius 1 is 0.273 bits per heavy atom. The molecular formula is C76H80O8Si4. The van der Waals surface area contributed by atoms with Gasteiger partial charge < -0.3 is 16.5 Å². The van der Waals surface area contributed by atoms with E-state index in [4.69, 9.17) is 16.5 Å². The van der Waals surface area contributed by atoms with Crippen molar-refractivity contribution in [2.75, 3.05) is 0 Å². The number of allylic oxidation sites excluding steroid dienone is 4. The van der Waals surface area contributed by atoms with E-state index in [1.165, 1.54) is 0 Å². The largest absolute Gasteiger partial charge is 0.416 e. The summed E-state index contributed by atoms with van der Waals surface area (Å²) in [5, 5.41) is 0. The maximum atomic E-state index is 13.2. The van der Waals surface area contributed by atoms with E-state index >= 15 is 0 Å². The molecule has 0 aliphatic carbocycles. The van der Waals surface area contributed by atoms with Crippen molar-refractivity contribution < 1.29 is 35.6 Å². The number of hydrogen-bond donors (Lipinski definition) is 0. The summed E-state index contributed by atoms with van der Waals surface area (Å²) in [6.45, 7) is 8.88. The second-order valence-electron chi connectivity index (χ2n) is 23.6. The van der Waals surface area contributed by atoms with Crippen LogP contribution in [0.4, 0.5) is 0 Å². The second kappa shape index (κ2) is 31.3. The summed E-state index contributed by atoms with van der Waals surface area (Å²) in [5.74, 6) is -0.153. The van der Waals surface area contributed by atoms with Crippen LogP contribution in [0.5, 0.6) is 0 Å². The van der Waals surface area contributed by atoms with Gasteiger partial charge in [0.15, 0.2) is 23.1 Å². The molecule has 0 radical (unpaired) electrons. The van der Waals surface area contributed by atoms with Gasteiger partial charge in [-0.3, -0.25) is 19.2 Å². The Kier molecular flexibility index (Phi) is 23.0. The molecule has 1 aliphatic rings. The summed E-state index contributed by atoms with van der Waals surface area (Å²) in [5.41, 5.74) is 11.0. The van der Waals surface area contributed by atoms with Crippen LogP contribution in [0.25, 0.3) is 24.3 Å². The van der Waals surface area contributed by atoms with Crippen LogP contribution >= 0.6 is 0 Å². The van der Waals surface area contributed by atoms with E-state index in [2.05, 4.69) is 74.7 Å². The average molecular weight is 1230 g/mol. The van der Waals surface area contributed by atoms with Crippen LogP contribution in [-0.2, 0) is 42.1 Å². The van der Waals surface area contributed by atoms with Gasteiger partial charge in [0.2, 0.25) is 0 Å². The van der Waals surface area contributed by atoms with Crippen molar-refractivity contribution in [1.82, 2.24) is 0 Å². The van der Waals surface area contributed by atoms with Gasteiger partial charge in [-0.15, -0.1) is 0 Å². The van der Waals surface area contributed by atoms with Gasteiger partial charge in [-0.25, -0.2) is 0 Å². The monoisotopic (exact) mass is 1230 g/mol. The number of ketones is 4. The number of benzene rings is 8. The molecule has 1 heterocycles. The van der Waals surface area contributed by atoms with Crippen LogP contribution in [0.2, 0.25) is 50.4 Å². The summed E-state index contributed by atoms with van der Waals surface area (Å²) >= 11 is 0. The smallest absolute Gasteiger partial charge is 0.317 e. The molecule has 0 spiro atoms. The van der Waals surface area contributed by atoms with E-state index in [9.17, 15) is 19.2 Å². The van der Waals surface area contributed by atoms with Gasteiger partial charge >= 0.3 is 34.2 Å². The minimum Gasteiger partial charge on any atom is -0.416 e. The number of aryl methyl sites for hydroxylation is 4. The fourth-order valence-electron chi connectivity index (χ4n) is 11.4. The highest BCUT2D eigenvalue weighted by Crippen LogP contribution is 2.40. The molecule has 0 N–H and O–H groups in total. The van der Waals surface area contributed by atoms with Gasteiger partial charge in [-0.1, -0.05) is 243 Å². The third-order valence-corrected chi connectivity index (χ3v) is 34.8. The highest BCUT2D eigenvalue weighted by atomic mass is 28.5. The Morgan fingerprint density at radius 3 is 0.636 bits per heavy atom. The molecule has 0 atom stereocenters. The summed E-state index contributed by atoms with van der Waals surface area (Å²) in [7, 11) is -12.2. The fourth-order valence-corrected chi connectivity index (χ4v) is 34.8. The van der Waals surface area contributed by atoms with Crippen molar-refractivity contribution >= 4 is 81.7 Å². The van der Waals surface area contributed by atoms with Crippen LogP contribution in [0.15, 0.2) is 243 Å². The molecule has 0 saturated carbocycles. The lowest BCUT2D eigenvalue weighted by Gasteiger charge is -2.50. The summed E-state index contributed by atoms with van der Waals surface area (Å²) in [6.07, 6.45) is 20.3. The molecular weight excluding hydrogens is 1150 g/mol. The zero-order chi connectivity index (χ0) is 61.7. The lowest BCUT2D eigenvalue weighted by Crippen LogP contribution is -2.67. The predicted molar refractivity (Wildman–Crippen MR) is 368 cm³/mol. The van der Waals surface area contributed by atoms with Crippen LogP contribution in [0.1, 0.15) is 112 Å². The SMILES string of the molecule is C[Si]1(CCCc2ccc(C(=O)C=Cc3ccccc3)cc2)O[Si](C)(CCCc2ccc(C(=O)C=Cc3ccccc3)cc2)O[Si](C)(CCCc2ccc(C(=O)C=Cc3ccccc3)cc2)O[Si](C)(CCCc2ccc(C(=O)C=Cc3ccccc3)cc2)O1. The minimum absolute atomic E-state index is 0.0382. The van der Waals surface area contributed by atoms with Crippen LogP contribution in [0.3, 0.4) is 0 Å². The molecule has 9 rings (SSSR count). The van der Waals surface area contributed by atoms with Gasteiger partial charge in [0.05, 0.1) is 0 Å². The lowest BCUT2D eigenvalue weighted by molar-refractivity contribution is 0.103. The van der Waals surface area contributed by atoms with Crippen molar-refractivity contribution in [3.05, 3.63) is 309 Å². The first-order chi connectivity index (χ1) is 42.6. The molecule has 8 aromatic rings. The molecule has 0 amide bonds. The van der Waals surface area contributed by atoms with E-state index in [1.54, 1.807) is 24.3 Å². The van der Waals surface area contributed by atoms with E-state index < -0.39 is 34.2 Å². The van der Waals surface area contributed by atoms with E-state index in [-0.39, 0.29) is 23.1 Å². The van der Waals surface area contributed by atoms with Crippen LogP contribution < -0.4 is 0 Å². The maximum Gasteiger partial charge on any atom is 0.317 e. The Morgan fingerprint density at radius 2 is 0.455 bits per heavy atom. The quantitative estimate of drug-likeness (QED) is 0.0271. The molecule has 8 aromatic carbocycles. The first-order valence-corrected chi connectivity index (χ1v) is 40.9. The van der Waals surface area contributed by atoms with Gasteiger partial charge in [0.1, 0.15) is 0 Å².